The number of anilines is 1. The Kier molecular flexibility index (Phi) is 7.42. The first kappa shape index (κ1) is 20.9. The van der Waals surface area contributed by atoms with Gasteiger partial charge in [0.15, 0.2) is 0 Å². The van der Waals surface area contributed by atoms with Crippen LogP contribution in [0.25, 0.3) is 0 Å². The average Bonchev–Trinajstić information content (AvgIpc) is 2.61. The molecule has 0 aliphatic rings. The maximum atomic E-state index is 6.16. The highest BCUT2D eigenvalue weighted by Crippen LogP contribution is 2.34. The van der Waals surface area contributed by atoms with Gasteiger partial charge < -0.3 is 10.1 Å². The summed E-state index contributed by atoms with van der Waals surface area (Å²) in [4.78, 5) is 0. The molecule has 0 radical (unpaired) electrons. The zero-order chi connectivity index (χ0) is 19.4. The van der Waals surface area contributed by atoms with Crippen LogP contribution in [0, 0.1) is 6.92 Å². The van der Waals surface area contributed by atoms with Crippen molar-refractivity contribution in [2.45, 2.75) is 20.1 Å². The van der Waals surface area contributed by atoms with Gasteiger partial charge in [0.1, 0.15) is 12.4 Å². The van der Waals surface area contributed by atoms with Gasteiger partial charge in [-0.25, -0.2) is 0 Å². The van der Waals surface area contributed by atoms with Gasteiger partial charge in [0.05, 0.1) is 4.47 Å². The molecule has 2 nitrogen and oxygen atoms in total. The van der Waals surface area contributed by atoms with E-state index in [1.165, 1.54) is 5.56 Å². The second-order valence-electron chi connectivity index (χ2n) is 6.10. The summed E-state index contributed by atoms with van der Waals surface area (Å²) in [5.41, 5.74) is 4.50. The van der Waals surface area contributed by atoms with Crippen molar-refractivity contribution in [3.8, 4) is 5.75 Å². The fraction of sp³-hybridized carbons (Fsp3) is 0.143. The zero-order valence-corrected chi connectivity index (χ0v) is 20.9. The third kappa shape index (κ3) is 5.83. The molecule has 0 saturated carbocycles. The summed E-state index contributed by atoms with van der Waals surface area (Å²) in [6.45, 7) is 3.27. The normalized spacial score (nSPS) is 10.7. The van der Waals surface area contributed by atoms with E-state index in [1.54, 1.807) is 0 Å². The minimum absolute atomic E-state index is 0.512. The molecular formula is C21H17Br4NO. The van der Waals surface area contributed by atoms with Crippen LogP contribution in [0.4, 0.5) is 5.69 Å². The van der Waals surface area contributed by atoms with Gasteiger partial charge in [0, 0.05) is 31.2 Å². The summed E-state index contributed by atoms with van der Waals surface area (Å²) in [6, 6.07) is 18.5. The van der Waals surface area contributed by atoms with Gasteiger partial charge in [-0.15, -0.1) is 0 Å². The standard InChI is InChI=1S/C21H17Br4NO/c1-13-8-17(23)6-7-20(13)26-11-15-9-18(24)10-19(25)21(15)27-12-14-2-4-16(22)5-3-14/h2-10,26H,11-12H2,1H3. The molecule has 0 fully saturated rings. The highest BCUT2D eigenvalue weighted by molar-refractivity contribution is 9.11. The summed E-state index contributed by atoms with van der Waals surface area (Å²) >= 11 is 14.2. The Labute approximate surface area is 193 Å². The van der Waals surface area contributed by atoms with Gasteiger partial charge in [0.25, 0.3) is 0 Å². The number of aryl methyl sites for hydroxylation is 1. The molecular weight excluding hydrogens is 602 g/mol. The number of ether oxygens (including phenoxy) is 1. The van der Waals surface area contributed by atoms with Crippen LogP contribution >= 0.6 is 63.7 Å². The number of rotatable bonds is 6. The van der Waals surface area contributed by atoms with Crippen LogP contribution in [0.2, 0.25) is 0 Å². The smallest absolute Gasteiger partial charge is 0.139 e. The lowest BCUT2D eigenvalue weighted by Crippen LogP contribution is -2.05. The molecule has 0 aliphatic carbocycles. The van der Waals surface area contributed by atoms with Crippen molar-refractivity contribution in [3.05, 3.63) is 89.2 Å². The predicted molar refractivity (Wildman–Crippen MR) is 127 cm³/mol. The molecule has 0 amide bonds. The number of hydrogen-bond acceptors (Lipinski definition) is 2. The third-order valence-electron chi connectivity index (χ3n) is 4.04. The summed E-state index contributed by atoms with van der Waals surface area (Å²) < 4.78 is 10.2. The van der Waals surface area contributed by atoms with E-state index in [9.17, 15) is 0 Å². The van der Waals surface area contributed by atoms with Gasteiger partial charge in [-0.2, -0.15) is 0 Å². The van der Waals surface area contributed by atoms with Crippen LogP contribution in [-0.4, -0.2) is 0 Å². The van der Waals surface area contributed by atoms with Gasteiger partial charge in [-0.3, -0.25) is 0 Å². The van der Waals surface area contributed by atoms with E-state index in [2.05, 4.69) is 106 Å². The molecule has 0 saturated heterocycles. The van der Waals surface area contributed by atoms with E-state index in [0.29, 0.717) is 13.2 Å². The Bertz CT molecular complexity index is 942. The summed E-state index contributed by atoms with van der Waals surface area (Å²) in [5, 5.41) is 3.51. The fourth-order valence-corrected chi connectivity index (χ4v) is 4.83. The van der Waals surface area contributed by atoms with Crippen molar-refractivity contribution in [2.75, 3.05) is 5.32 Å². The maximum Gasteiger partial charge on any atom is 0.139 e. The Morgan fingerprint density at radius 3 is 2.22 bits per heavy atom. The largest absolute Gasteiger partial charge is 0.487 e. The third-order valence-corrected chi connectivity index (χ3v) is 6.11. The maximum absolute atomic E-state index is 6.16. The molecule has 0 atom stereocenters. The van der Waals surface area contributed by atoms with E-state index in [-0.39, 0.29) is 0 Å². The van der Waals surface area contributed by atoms with Gasteiger partial charge in [-0.1, -0.05) is 59.9 Å². The topological polar surface area (TPSA) is 21.3 Å². The van der Waals surface area contributed by atoms with Crippen molar-refractivity contribution in [1.29, 1.82) is 0 Å². The fourth-order valence-electron chi connectivity index (χ4n) is 2.66. The van der Waals surface area contributed by atoms with Crippen molar-refractivity contribution in [3.63, 3.8) is 0 Å². The second kappa shape index (κ2) is 9.59. The number of hydrogen-bond donors (Lipinski definition) is 1. The summed E-state index contributed by atoms with van der Waals surface area (Å²) in [6.07, 6.45) is 0. The molecule has 27 heavy (non-hydrogen) atoms. The molecule has 0 spiro atoms. The van der Waals surface area contributed by atoms with Gasteiger partial charge in [0.2, 0.25) is 0 Å². The Morgan fingerprint density at radius 2 is 1.52 bits per heavy atom. The van der Waals surface area contributed by atoms with Crippen LogP contribution in [0.15, 0.2) is 72.5 Å². The highest BCUT2D eigenvalue weighted by atomic mass is 79.9. The first-order valence-corrected chi connectivity index (χ1v) is 11.4. The summed E-state index contributed by atoms with van der Waals surface area (Å²) in [7, 11) is 0. The molecule has 3 aromatic rings. The van der Waals surface area contributed by atoms with E-state index in [0.717, 1.165) is 40.5 Å². The molecule has 140 valence electrons. The van der Waals surface area contributed by atoms with Gasteiger partial charge in [-0.05, 0) is 76.4 Å². The quantitative estimate of drug-likeness (QED) is 0.301. The highest BCUT2D eigenvalue weighted by Gasteiger charge is 2.11. The minimum atomic E-state index is 0.512. The molecule has 0 bridgehead atoms. The molecule has 3 aromatic carbocycles. The van der Waals surface area contributed by atoms with E-state index in [1.807, 2.05) is 24.3 Å². The number of nitrogens with one attached hydrogen (secondary N) is 1. The molecule has 0 aliphatic heterocycles. The molecule has 0 unspecified atom stereocenters. The summed E-state index contributed by atoms with van der Waals surface area (Å²) in [5.74, 6) is 0.850. The molecule has 0 aromatic heterocycles. The SMILES string of the molecule is Cc1cc(Br)ccc1NCc1cc(Br)cc(Br)c1OCc1ccc(Br)cc1. The van der Waals surface area contributed by atoms with Crippen LogP contribution in [0.3, 0.4) is 0 Å². The molecule has 6 heteroatoms. The van der Waals surface area contributed by atoms with E-state index in [4.69, 9.17) is 4.74 Å². The predicted octanol–water partition coefficient (Wildman–Crippen LogP) is 8.24. The Morgan fingerprint density at radius 1 is 0.815 bits per heavy atom. The van der Waals surface area contributed by atoms with Crippen LogP contribution in [0.5, 0.6) is 5.75 Å². The second-order valence-corrected chi connectivity index (χ2v) is 9.71. The first-order valence-electron chi connectivity index (χ1n) is 8.27. The van der Waals surface area contributed by atoms with Crippen LogP contribution in [-0.2, 0) is 13.2 Å². The van der Waals surface area contributed by atoms with Gasteiger partial charge >= 0.3 is 0 Å². The Balaban J connectivity index is 1.78. The van der Waals surface area contributed by atoms with E-state index >= 15 is 0 Å². The van der Waals surface area contributed by atoms with Crippen LogP contribution in [0.1, 0.15) is 16.7 Å². The first-order chi connectivity index (χ1) is 12.9. The zero-order valence-electron chi connectivity index (χ0n) is 14.5. The van der Waals surface area contributed by atoms with E-state index < -0.39 is 0 Å². The lowest BCUT2D eigenvalue weighted by Gasteiger charge is -2.16. The minimum Gasteiger partial charge on any atom is -0.487 e. The molecule has 3 rings (SSSR count). The number of halogens is 4. The Hall–Kier alpha value is -0.820. The lowest BCUT2D eigenvalue weighted by atomic mass is 10.1. The number of benzene rings is 3. The molecule has 1 N–H and O–H groups in total. The monoisotopic (exact) mass is 615 g/mol. The van der Waals surface area contributed by atoms with Crippen molar-refractivity contribution in [1.82, 2.24) is 0 Å². The average molecular weight is 619 g/mol. The molecule has 0 heterocycles. The van der Waals surface area contributed by atoms with Crippen molar-refractivity contribution < 1.29 is 4.74 Å². The lowest BCUT2D eigenvalue weighted by molar-refractivity contribution is 0.301. The van der Waals surface area contributed by atoms with Crippen molar-refractivity contribution in [2.24, 2.45) is 0 Å². The van der Waals surface area contributed by atoms with Crippen molar-refractivity contribution >= 4 is 69.4 Å². The van der Waals surface area contributed by atoms with Crippen LogP contribution < -0.4 is 10.1 Å².